The van der Waals surface area contributed by atoms with Gasteiger partial charge in [-0.1, -0.05) is 36.4 Å². The van der Waals surface area contributed by atoms with Gasteiger partial charge in [-0.2, -0.15) is 0 Å². The quantitative estimate of drug-likeness (QED) is 0.498. The van der Waals surface area contributed by atoms with Gasteiger partial charge >= 0.3 is 0 Å². The maximum Gasteiger partial charge on any atom is 0.251 e. The van der Waals surface area contributed by atoms with Crippen LogP contribution in [0.5, 0.6) is 0 Å². The minimum absolute atomic E-state index is 0.156. The second kappa shape index (κ2) is 8.81. The summed E-state index contributed by atoms with van der Waals surface area (Å²) < 4.78 is 5.62. The van der Waals surface area contributed by atoms with E-state index in [0.717, 1.165) is 11.1 Å². The Balaban J connectivity index is 1.82. The first-order chi connectivity index (χ1) is 13.4. The standard InChI is InChI=1S/C21H25NO6/c1-22-21(27)15-7-3-5-13(10-15)8-12-4-2-6-14(9-12)20-19(26)18(25)17(24)16(11-23)28-20/h2-7,9-10,16-20,23-26H,8,11H2,1H3,(H,22,27)/t16-,17-,18+,19-,20-/m1/s1. The molecule has 0 aliphatic carbocycles. The Morgan fingerprint density at radius 3 is 2.36 bits per heavy atom. The molecular formula is C21H25NO6. The molecule has 0 aromatic heterocycles. The van der Waals surface area contributed by atoms with Crippen molar-refractivity contribution in [3.63, 3.8) is 0 Å². The SMILES string of the molecule is CNC(=O)c1cccc(Cc2cccc([C@H]3O[C@H](CO)[C@@H](O)[C@H](O)[C@H]3O)c2)c1. The Morgan fingerprint density at radius 2 is 1.68 bits per heavy atom. The Morgan fingerprint density at radius 1 is 1.00 bits per heavy atom. The number of rotatable bonds is 5. The Hall–Kier alpha value is -2.29. The summed E-state index contributed by atoms with van der Waals surface area (Å²) in [5.41, 5.74) is 3.09. The molecule has 5 N–H and O–H groups in total. The van der Waals surface area contributed by atoms with Crippen LogP contribution in [0.3, 0.4) is 0 Å². The molecule has 1 aliphatic heterocycles. The lowest BCUT2D eigenvalue weighted by Gasteiger charge is -2.40. The number of hydrogen-bond donors (Lipinski definition) is 5. The van der Waals surface area contributed by atoms with Crippen LogP contribution in [0.15, 0.2) is 48.5 Å². The molecule has 1 aliphatic rings. The topological polar surface area (TPSA) is 119 Å². The molecule has 0 spiro atoms. The van der Waals surface area contributed by atoms with E-state index in [1.165, 1.54) is 0 Å². The maximum absolute atomic E-state index is 11.8. The van der Waals surface area contributed by atoms with Crippen LogP contribution in [-0.2, 0) is 11.2 Å². The molecule has 0 radical (unpaired) electrons. The van der Waals surface area contributed by atoms with Gasteiger partial charge in [0.2, 0.25) is 0 Å². The van der Waals surface area contributed by atoms with E-state index in [-0.39, 0.29) is 5.91 Å². The highest BCUT2D eigenvalue weighted by Gasteiger charge is 2.43. The van der Waals surface area contributed by atoms with Crippen molar-refractivity contribution in [1.29, 1.82) is 0 Å². The lowest BCUT2D eigenvalue weighted by Crippen LogP contribution is -2.55. The van der Waals surface area contributed by atoms with E-state index < -0.39 is 37.1 Å². The van der Waals surface area contributed by atoms with Crippen LogP contribution < -0.4 is 5.32 Å². The van der Waals surface area contributed by atoms with E-state index >= 15 is 0 Å². The molecule has 150 valence electrons. The highest BCUT2D eigenvalue weighted by atomic mass is 16.5. The highest BCUT2D eigenvalue weighted by Crippen LogP contribution is 2.32. The number of carbonyl (C=O) groups is 1. The van der Waals surface area contributed by atoms with Gasteiger partial charge in [-0.15, -0.1) is 0 Å². The monoisotopic (exact) mass is 387 g/mol. The minimum atomic E-state index is -1.41. The van der Waals surface area contributed by atoms with Gasteiger partial charge in [-0.05, 0) is 35.2 Å². The predicted octanol–water partition coefficient (Wildman–Crippen LogP) is 0.152. The van der Waals surface area contributed by atoms with E-state index in [1.807, 2.05) is 36.4 Å². The molecule has 28 heavy (non-hydrogen) atoms. The van der Waals surface area contributed by atoms with Crippen molar-refractivity contribution in [2.24, 2.45) is 0 Å². The average molecular weight is 387 g/mol. The first kappa shape index (κ1) is 20.4. The predicted molar refractivity (Wildman–Crippen MR) is 102 cm³/mol. The molecule has 7 nitrogen and oxygen atoms in total. The summed E-state index contributed by atoms with van der Waals surface area (Å²) in [5.74, 6) is -0.156. The van der Waals surface area contributed by atoms with Crippen LogP contribution in [-0.4, -0.2) is 64.4 Å². The van der Waals surface area contributed by atoms with Crippen molar-refractivity contribution in [2.75, 3.05) is 13.7 Å². The number of benzene rings is 2. The first-order valence-corrected chi connectivity index (χ1v) is 9.15. The molecule has 1 heterocycles. The number of nitrogens with one attached hydrogen (secondary N) is 1. The Labute approximate surface area is 163 Å². The first-order valence-electron chi connectivity index (χ1n) is 9.15. The van der Waals surface area contributed by atoms with E-state index in [9.17, 15) is 25.2 Å². The van der Waals surface area contributed by atoms with Gasteiger partial charge in [-0.3, -0.25) is 4.79 Å². The van der Waals surface area contributed by atoms with Crippen molar-refractivity contribution < 1.29 is 30.0 Å². The number of aliphatic hydroxyl groups excluding tert-OH is 4. The molecule has 0 saturated carbocycles. The molecule has 7 heteroatoms. The van der Waals surface area contributed by atoms with Crippen molar-refractivity contribution >= 4 is 5.91 Å². The zero-order valence-electron chi connectivity index (χ0n) is 15.5. The van der Waals surface area contributed by atoms with Crippen molar-refractivity contribution in [3.05, 3.63) is 70.8 Å². The summed E-state index contributed by atoms with van der Waals surface area (Å²) in [7, 11) is 1.58. The van der Waals surface area contributed by atoms with Crippen LogP contribution >= 0.6 is 0 Å². The molecule has 5 atom stereocenters. The zero-order chi connectivity index (χ0) is 20.3. The van der Waals surface area contributed by atoms with Crippen molar-refractivity contribution in [2.45, 2.75) is 36.9 Å². The van der Waals surface area contributed by atoms with E-state index in [1.54, 1.807) is 19.2 Å². The van der Waals surface area contributed by atoms with Gasteiger partial charge < -0.3 is 30.5 Å². The number of aliphatic hydroxyl groups is 4. The van der Waals surface area contributed by atoms with Gasteiger partial charge in [0.1, 0.15) is 30.5 Å². The molecule has 2 aromatic rings. The normalized spacial score (nSPS) is 27.4. The molecule has 1 fully saturated rings. The summed E-state index contributed by atoms with van der Waals surface area (Å²) in [6, 6.07) is 14.6. The summed E-state index contributed by atoms with van der Waals surface area (Å²) in [4.78, 5) is 11.8. The van der Waals surface area contributed by atoms with E-state index in [4.69, 9.17) is 4.74 Å². The van der Waals surface area contributed by atoms with Gasteiger partial charge in [0.05, 0.1) is 6.61 Å². The van der Waals surface area contributed by atoms with Gasteiger partial charge in [-0.25, -0.2) is 0 Å². The van der Waals surface area contributed by atoms with Crippen LogP contribution in [0.1, 0.15) is 33.2 Å². The lowest BCUT2D eigenvalue weighted by molar-refractivity contribution is -0.231. The number of hydrogen-bond acceptors (Lipinski definition) is 6. The molecule has 0 unspecified atom stereocenters. The Kier molecular flexibility index (Phi) is 6.43. The third-order valence-electron chi connectivity index (χ3n) is 5.00. The molecule has 0 bridgehead atoms. The smallest absolute Gasteiger partial charge is 0.251 e. The van der Waals surface area contributed by atoms with Gasteiger partial charge in [0.25, 0.3) is 5.91 Å². The molecular weight excluding hydrogens is 362 g/mol. The number of ether oxygens (including phenoxy) is 1. The van der Waals surface area contributed by atoms with Crippen LogP contribution in [0.4, 0.5) is 0 Å². The number of amides is 1. The number of carbonyl (C=O) groups excluding carboxylic acids is 1. The average Bonchev–Trinajstić information content (AvgIpc) is 2.72. The van der Waals surface area contributed by atoms with Crippen LogP contribution in [0.25, 0.3) is 0 Å². The zero-order valence-corrected chi connectivity index (χ0v) is 15.5. The largest absolute Gasteiger partial charge is 0.394 e. The third kappa shape index (κ3) is 4.24. The fraction of sp³-hybridized carbons (Fsp3) is 0.381. The third-order valence-corrected chi connectivity index (χ3v) is 5.00. The lowest BCUT2D eigenvalue weighted by atomic mass is 9.90. The molecule has 1 saturated heterocycles. The minimum Gasteiger partial charge on any atom is -0.394 e. The van der Waals surface area contributed by atoms with E-state index in [2.05, 4.69) is 5.32 Å². The second-order valence-corrected chi connectivity index (χ2v) is 6.95. The summed E-state index contributed by atoms with van der Waals surface area (Å²) in [6.07, 6.45) is -5.36. The maximum atomic E-state index is 11.8. The van der Waals surface area contributed by atoms with Crippen LogP contribution in [0, 0.1) is 0 Å². The van der Waals surface area contributed by atoms with Crippen LogP contribution in [0.2, 0.25) is 0 Å². The summed E-state index contributed by atoms with van der Waals surface area (Å²) in [6.45, 7) is -0.465. The van der Waals surface area contributed by atoms with Crippen molar-refractivity contribution in [3.8, 4) is 0 Å². The van der Waals surface area contributed by atoms with E-state index in [0.29, 0.717) is 17.5 Å². The molecule has 1 amide bonds. The summed E-state index contributed by atoms with van der Waals surface area (Å²) in [5, 5.41) is 42.2. The van der Waals surface area contributed by atoms with Gasteiger partial charge in [0, 0.05) is 12.6 Å². The summed E-state index contributed by atoms with van der Waals surface area (Å²) >= 11 is 0. The van der Waals surface area contributed by atoms with Gasteiger partial charge in [0.15, 0.2) is 0 Å². The fourth-order valence-electron chi connectivity index (χ4n) is 3.46. The fourth-order valence-corrected chi connectivity index (χ4v) is 3.46. The highest BCUT2D eigenvalue weighted by molar-refractivity contribution is 5.94. The molecule has 2 aromatic carbocycles. The van der Waals surface area contributed by atoms with Crippen molar-refractivity contribution in [1.82, 2.24) is 5.32 Å². The second-order valence-electron chi connectivity index (χ2n) is 6.95. The molecule has 3 rings (SSSR count). The Bertz CT molecular complexity index is 824.